The number of nitrogens with zero attached hydrogens (tertiary/aromatic N) is 2. The minimum absolute atomic E-state index is 0.0379. The first kappa shape index (κ1) is 12.5. The van der Waals surface area contributed by atoms with E-state index in [1.807, 2.05) is 36.1 Å². The molecule has 1 N–H and O–H groups in total. The van der Waals surface area contributed by atoms with Crippen molar-refractivity contribution in [3.8, 4) is 0 Å². The maximum absolute atomic E-state index is 9.36. The van der Waals surface area contributed by atoms with Crippen LogP contribution in [0.5, 0.6) is 0 Å². The lowest BCUT2D eigenvalue weighted by molar-refractivity contribution is 0.282. The number of aliphatic hydroxyl groups is 1. The van der Waals surface area contributed by atoms with E-state index in [2.05, 4.69) is 25.8 Å². The smallest absolute Gasteiger partial charge is 0.0795 e. The summed E-state index contributed by atoms with van der Waals surface area (Å²) >= 11 is 5.00. The van der Waals surface area contributed by atoms with E-state index in [-0.39, 0.29) is 6.61 Å². The summed E-state index contributed by atoms with van der Waals surface area (Å²) in [4.78, 5) is 6.35. The zero-order valence-corrected chi connectivity index (χ0v) is 11.8. The van der Waals surface area contributed by atoms with Crippen molar-refractivity contribution in [2.45, 2.75) is 13.2 Å². The van der Waals surface area contributed by atoms with Crippen LogP contribution < -0.4 is 4.90 Å². The molecule has 1 heterocycles. The van der Waals surface area contributed by atoms with Gasteiger partial charge in [0.25, 0.3) is 0 Å². The van der Waals surface area contributed by atoms with Crippen LogP contribution in [0.1, 0.15) is 11.3 Å². The standard InChI is InChI=1S/C12H13BrN2OS/c1-15(5-11-7-17-8-14-11)12-3-2-10(13)4-9(12)6-16/h2-4,7-8,16H,5-6H2,1H3. The Morgan fingerprint density at radius 2 is 2.29 bits per heavy atom. The van der Waals surface area contributed by atoms with Crippen molar-refractivity contribution in [1.29, 1.82) is 0 Å². The summed E-state index contributed by atoms with van der Waals surface area (Å²) in [5.41, 5.74) is 4.82. The lowest BCUT2D eigenvalue weighted by Crippen LogP contribution is -2.18. The van der Waals surface area contributed by atoms with Crippen LogP contribution in [0, 0.1) is 0 Å². The molecule has 0 amide bonds. The lowest BCUT2D eigenvalue weighted by Gasteiger charge is -2.21. The van der Waals surface area contributed by atoms with Crippen LogP contribution in [-0.2, 0) is 13.2 Å². The monoisotopic (exact) mass is 312 g/mol. The molecular weight excluding hydrogens is 300 g/mol. The van der Waals surface area contributed by atoms with E-state index >= 15 is 0 Å². The molecule has 90 valence electrons. The molecule has 0 aliphatic heterocycles. The van der Waals surface area contributed by atoms with Gasteiger partial charge in [-0.05, 0) is 18.2 Å². The first-order valence-corrected chi connectivity index (χ1v) is 6.92. The van der Waals surface area contributed by atoms with Crippen LogP contribution in [0.4, 0.5) is 5.69 Å². The molecule has 0 bridgehead atoms. The van der Waals surface area contributed by atoms with Crippen molar-refractivity contribution >= 4 is 33.0 Å². The van der Waals surface area contributed by atoms with Gasteiger partial charge >= 0.3 is 0 Å². The van der Waals surface area contributed by atoms with Gasteiger partial charge in [0.15, 0.2) is 0 Å². The number of aromatic nitrogens is 1. The van der Waals surface area contributed by atoms with E-state index in [9.17, 15) is 5.11 Å². The van der Waals surface area contributed by atoms with Gasteiger partial charge < -0.3 is 10.0 Å². The molecule has 1 aromatic carbocycles. The van der Waals surface area contributed by atoms with Gasteiger partial charge in [0.05, 0.1) is 24.4 Å². The number of halogens is 1. The Morgan fingerprint density at radius 3 is 2.94 bits per heavy atom. The van der Waals surface area contributed by atoms with Gasteiger partial charge in [-0.2, -0.15) is 0 Å². The lowest BCUT2D eigenvalue weighted by atomic mass is 10.1. The number of benzene rings is 1. The van der Waals surface area contributed by atoms with E-state index < -0.39 is 0 Å². The van der Waals surface area contributed by atoms with E-state index in [1.165, 1.54) is 0 Å². The number of aliphatic hydroxyl groups excluding tert-OH is 1. The predicted octanol–water partition coefficient (Wildman–Crippen LogP) is 3.03. The fourth-order valence-corrected chi connectivity index (χ4v) is 2.65. The summed E-state index contributed by atoms with van der Waals surface area (Å²) in [6, 6.07) is 5.92. The number of hydrogen-bond acceptors (Lipinski definition) is 4. The molecule has 1 aromatic heterocycles. The molecule has 2 rings (SSSR count). The Bertz CT molecular complexity index is 487. The molecule has 0 spiro atoms. The topological polar surface area (TPSA) is 36.4 Å². The molecule has 3 nitrogen and oxygen atoms in total. The van der Waals surface area contributed by atoms with Crippen LogP contribution in [0.25, 0.3) is 0 Å². The Hall–Kier alpha value is -0.910. The first-order chi connectivity index (χ1) is 8.20. The average Bonchev–Trinajstić information content (AvgIpc) is 2.81. The second-order valence-electron chi connectivity index (χ2n) is 3.77. The molecule has 5 heteroatoms. The number of anilines is 1. The SMILES string of the molecule is CN(Cc1cscn1)c1ccc(Br)cc1CO. The summed E-state index contributed by atoms with van der Waals surface area (Å²) < 4.78 is 0.979. The molecule has 2 aromatic rings. The third kappa shape index (κ3) is 3.06. The van der Waals surface area contributed by atoms with Gasteiger partial charge in [0.2, 0.25) is 0 Å². The van der Waals surface area contributed by atoms with Crippen molar-refractivity contribution in [3.63, 3.8) is 0 Å². The minimum Gasteiger partial charge on any atom is -0.392 e. The zero-order chi connectivity index (χ0) is 12.3. The first-order valence-electron chi connectivity index (χ1n) is 5.18. The molecule has 0 unspecified atom stereocenters. The van der Waals surface area contributed by atoms with Crippen molar-refractivity contribution in [1.82, 2.24) is 4.98 Å². The Morgan fingerprint density at radius 1 is 1.47 bits per heavy atom. The summed E-state index contributed by atoms with van der Waals surface area (Å²) in [5, 5.41) is 11.4. The molecule has 0 aliphatic rings. The van der Waals surface area contributed by atoms with Crippen molar-refractivity contribution in [2.75, 3.05) is 11.9 Å². The summed E-state index contributed by atoms with van der Waals surface area (Å²) in [6.45, 7) is 0.786. The number of rotatable bonds is 4. The van der Waals surface area contributed by atoms with Crippen molar-refractivity contribution in [2.24, 2.45) is 0 Å². The van der Waals surface area contributed by atoms with E-state index in [0.717, 1.165) is 28.0 Å². The van der Waals surface area contributed by atoms with Gasteiger partial charge in [-0.1, -0.05) is 15.9 Å². The maximum atomic E-state index is 9.36. The Labute approximate surface area is 113 Å². The van der Waals surface area contributed by atoms with Gasteiger partial charge in [0.1, 0.15) is 0 Å². The van der Waals surface area contributed by atoms with Crippen LogP contribution in [0.3, 0.4) is 0 Å². The van der Waals surface area contributed by atoms with E-state index in [4.69, 9.17) is 0 Å². The van der Waals surface area contributed by atoms with Crippen LogP contribution in [-0.4, -0.2) is 17.1 Å². The molecule has 0 fully saturated rings. The Balaban J connectivity index is 2.21. The molecule has 0 atom stereocenters. The highest BCUT2D eigenvalue weighted by Gasteiger charge is 2.08. The molecule has 0 radical (unpaired) electrons. The second-order valence-corrected chi connectivity index (χ2v) is 5.40. The van der Waals surface area contributed by atoms with Gasteiger partial charge in [-0.3, -0.25) is 0 Å². The van der Waals surface area contributed by atoms with E-state index in [0.29, 0.717) is 0 Å². The van der Waals surface area contributed by atoms with Gasteiger partial charge in [-0.25, -0.2) is 4.98 Å². The summed E-state index contributed by atoms with van der Waals surface area (Å²) in [7, 11) is 2.00. The van der Waals surface area contributed by atoms with Crippen molar-refractivity contribution in [3.05, 3.63) is 44.8 Å². The Kier molecular flexibility index (Phi) is 4.15. The molecule has 0 saturated heterocycles. The zero-order valence-electron chi connectivity index (χ0n) is 9.43. The predicted molar refractivity (Wildman–Crippen MR) is 74.3 cm³/mol. The summed E-state index contributed by atoms with van der Waals surface area (Å²) in [5.74, 6) is 0. The summed E-state index contributed by atoms with van der Waals surface area (Å²) in [6.07, 6.45) is 0. The molecule has 17 heavy (non-hydrogen) atoms. The highest BCUT2D eigenvalue weighted by atomic mass is 79.9. The normalized spacial score (nSPS) is 10.5. The fraction of sp³-hybridized carbons (Fsp3) is 0.250. The van der Waals surface area contributed by atoms with Crippen LogP contribution in [0.2, 0.25) is 0 Å². The quantitative estimate of drug-likeness (QED) is 0.942. The second kappa shape index (κ2) is 5.62. The molecular formula is C12H13BrN2OS. The number of thiazole rings is 1. The van der Waals surface area contributed by atoms with Crippen molar-refractivity contribution < 1.29 is 5.11 Å². The van der Waals surface area contributed by atoms with E-state index in [1.54, 1.807) is 11.3 Å². The van der Waals surface area contributed by atoms with Crippen LogP contribution >= 0.6 is 27.3 Å². The highest BCUT2D eigenvalue weighted by molar-refractivity contribution is 9.10. The largest absolute Gasteiger partial charge is 0.392 e. The minimum atomic E-state index is 0.0379. The third-order valence-electron chi connectivity index (χ3n) is 2.51. The van der Waals surface area contributed by atoms with Crippen LogP contribution in [0.15, 0.2) is 33.6 Å². The fourth-order valence-electron chi connectivity index (χ4n) is 1.70. The van der Waals surface area contributed by atoms with Gasteiger partial charge in [-0.15, -0.1) is 11.3 Å². The highest BCUT2D eigenvalue weighted by Crippen LogP contribution is 2.25. The molecule has 0 saturated carbocycles. The van der Waals surface area contributed by atoms with Gasteiger partial charge in [0, 0.05) is 28.2 Å². The number of hydrogen-bond donors (Lipinski definition) is 1. The maximum Gasteiger partial charge on any atom is 0.0795 e. The molecule has 0 aliphatic carbocycles. The third-order valence-corrected chi connectivity index (χ3v) is 3.63. The average molecular weight is 313 g/mol.